The summed E-state index contributed by atoms with van der Waals surface area (Å²) in [5, 5.41) is 6.42. The van der Waals surface area contributed by atoms with Crippen molar-refractivity contribution < 1.29 is 4.79 Å². The van der Waals surface area contributed by atoms with Gasteiger partial charge in [0.25, 0.3) is 0 Å². The van der Waals surface area contributed by atoms with E-state index in [1.807, 2.05) is 24.3 Å². The number of anilines is 1. The fourth-order valence-corrected chi connectivity index (χ4v) is 4.33. The van der Waals surface area contributed by atoms with Crippen LogP contribution in [0.15, 0.2) is 79.5 Å². The molecule has 4 nitrogen and oxygen atoms in total. The van der Waals surface area contributed by atoms with E-state index in [1.54, 1.807) is 0 Å². The molecule has 32 heavy (non-hydrogen) atoms. The van der Waals surface area contributed by atoms with Crippen LogP contribution in [0.1, 0.15) is 25.3 Å². The summed E-state index contributed by atoms with van der Waals surface area (Å²) in [5.41, 5.74) is 7.70. The van der Waals surface area contributed by atoms with E-state index in [0.717, 1.165) is 46.4 Å². The van der Waals surface area contributed by atoms with Crippen LogP contribution in [0.2, 0.25) is 0 Å². The Bertz CT molecular complexity index is 1460. The van der Waals surface area contributed by atoms with Crippen molar-refractivity contribution in [2.75, 3.05) is 5.32 Å². The molecule has 1 aliphatic carbocycles. The number of H-pyrrole nitrogens is 2. The van der Waals surface area contributed by atoms with E-state index in [0.29, 0.717) is 0 Å². The van der Waals surface area contributed by atoms with Gasteiger partial charge in [-0.2, -0.15) is 0 Å². The minimum absolute atomic E-state index is 0.211. The second kappa shape index (κ2) is 8.23. The Morgan fingerprint density at radius 1 is 1.12 bits per heavy atom. The van der Waals surface area contributed by atoms with Crippen LogP contribution in [0.4, 0.5) is 5.69 Å². The molecule has 0 bridgehead atoms. The summed E-state index contributed by atoms with van der Waals surface area (Å²) in [5.74, 6) is -0.211. The highest BCUT2D eigenvalue weighted by Gasteiger charge is 2.11. The van der Waals surface area contributed by atoms with Crippen LogP contribution in [0.5, 0.6) is 0 Å². The Hall–Kier alpha value is -4.05. The number of hydrogen-bond donors (Lipinski definition) is 3. The van der Waals surface area contributed by atoms with Crippen molar-refractivity contribution in [2.45, 2.75) is 19.8 Å². The number of fused-ring (bicyclic) bond motifs is 2. The van der Waals surface area contributed by atoms with Crippen molar-refractivity contribution in [3.8, 4) is 11.3 Å². The van der Waals surface area contributed by atoms with Crippen molar-refractivity contribution in [1.29, 1.82) is 0 Å². The Labute approximate surface area is 186 Å². The van der Waals surface area contributed by atoms with E-state index >= 15 is 0 Å². The lowest BCUT2D eigenvalue weighted by Gasteiger charge is -2.10. The first-order chi connectivity index (χ1) is 15.6. The summed E-state index contributed by atoms with van der Waals surface area (Å²) in [4.78, 5) is 18.8. The maximum atomic E-state index is 11.7. The lowest BCUT2D eigenvalue weighted by molar-refractivity contribution is -0.111. The molecule has 0 radical (unpaired) electrons. The zero-order chi connectivity index (χ0) is 22.1. The highest BCUT2D eigenvalue weighted by atomic mass is 16.1. The molecule has 1 amide bonds. The van der Waals surface area contributed by atoms with Gasteiger partial charge in [-0.1, -0.05) is 43.0 Å². The molecule has 5 rings (SSSR count). The van der Waals surface area contributed by atoms with Crippen LogP contribution in [0.3, 0.4) is 0 Å². The third kappa shape index (κ3) is 3.71. The van der Waals surface area contributed by atoms with Gasteiger partial charge in [-0.05, 0) is 72.9 Å². The number of aromatic nitrogens is 2. The molecule has 0 unspecified atom stereocenters. The Morgan fingerprint density at radius 3 is 2.84 bits per heavy atom. The molecule has 0 atom stereocenters. The number of amides is 1. The summed E-state index contributed by atoms with van der Waals surface area (Å²) < 4.78 is 0. The van der Waals surface area contributed by atoms with Gasteiger partial charge in [0.05, 0.1) is 0 Å². The number of benzene rings is 2. The van der Waals surface area contributed by atoms with Gasteiger partial charge in [-0.3, -0.25) is 4.79 Å². The number of allylic oxidation sites excluding steroid dienone is 2. The van der Waals surface area contributed by atoms with Gasteiger partial charge < -0.3 is 15.3 Å². The van der Waals surface area contributed by atoms with E-state index in [2.05, 4.69) is 77.5 Å². The molecular formula is C28H25N3O. The van der Waals surface area contributed by atoms with Crippen molar-refractivity contribution in [3.63, 3.8) is 0 Å². The topological polar surface area (TPSA) is 60.7 Å². The van der Waals surface area contributed by atoms with Gasteiger partial charge in [-0.15, -0.1) is 0 Å². The molecule has 0 aliphatic heterocycles. The van der Waals surface area contributed by atoms with Crippen LogP contribution in [-0.2, 0) is 4.79 Å². The molecule has 158 valence electrons. The standard InChI is InChI=1S/C28H25N3O/c1-3-27(32)30-22-12-7-11-19(14-22)20-10-6-8-18(2)28-23(15-20)24(17-29-28)26-16-21-9-4-5-13-25(21)31-26/h3-5,7,9-17,29,31H,1,6,8H2,2H3,(H,30,32). The van der Waals surface area contributed by atoms with Crippen molar-refractivity contribution in [3.05, 3.63) is 95.7 Å². The quantitative estimate of drug-likeness (QED) is 0.395. The molecule has 0 spiro atoms. The predicted octanol–water partition coefficient (Wildman–Crippen LogP) is 5.12. The molecule has 4 aromatic rings. The molecule has 0 saturated heterocycles. The van der Waals surface area contributed by atoms with Gasteiger partial charge in [0.1, 0.15) is 0 Å². The van der Waals surface area contributed by atoms with Gasteiger partial charge >= 0.3 is 0 Å². The third-order valence-electron chi connectivity index (χ3n) is 6.00. The molecule has 0 saturated carbocycles. The van der Waals surface area contributed by atoms with Crippen molar-refractivity contribution >= 4 is 39.7 Å². The fourth-order valence-electron chi connectivity index (χ4n) is 4.33. The zero-order valence-electron chi connectivity index (χ0n) is 18.0. The monoisotopic (exact) mass is 419 g/mol. The van der Waals surface area contributed by atoms with E-state index in [9.17, 15) is 4.79 Å². The number of para-hydroxylation sites is 1. The third-order valence-corrected chi connectivity index (χ3v) is 6.00. The smallest absolute Gasteiger partial charge is 0.247 e. The van der Waals surface area contributed by atoms with E-state index in [4.69, 9.17) is 0 Å². The van der Waals surface area contributed by atoms with E-state index in [-0.39, 0.29) is 5.91 Å². The minimum Gasteiger partial charge on any atom is -0.361 e. The van der Waals surface area contributed by atoms with Crippen LogP contribution in [0, 0.1) is 0 Å². The number of rotatable bonds is 4. The molecular weight excluding hydrogens is 394 g/mol. The van der Waals surface area contributed by atoms with Gasteiger partial charge in [0.2, 0.25) is 5.91 Å². The lowest BCUT2D eigenvalue weighted by atomic mass is 9.97. The maximum Gasteiger partial charge on any atom is 0.247 e. The van der Waals surface area contributed by atoms with Gasteiger partial charge in [0, 0.05) is 44.6 Å². The summed E-state index contributed by atoms with van der Waals surface area (Å²) in [7, 11) is 0. The van der Waals surface area contributed by atoms with Crippen LogP contribution in [-0.4, -0.2) is 15.9 Å². The number of hydrogen-bond acceptors (Lipinski definition) is 1. The Morgan fingerprint density at radius 2 is 2.00 bits per heavy atom. The van der Waals surface area contributed by atoms with Crippen molar-refractivity contribution in [1.82, 2.24) is 9.97 Å². The molecule has 2 heterocycles. The molecule has 1 aliphatic rings. The second-order valence-corrected chi connectivity index (χ2v) is 8.16. The summed E-state index contributed by atoms with van der Waals surface area (Å²) in [6, 6.07) is 18.5. The normalized spacial score (nSPS) is 13.5. The predicted molar refractivity (Wildman–Crippen MR) is 133 cm³/mol. The van der Waals surface area contributed by atoms with Crippen LogP contribution >= 0.6 is 0 Å². The van der Waals surface area contributed by atoms with Gasteiger partial charge in [0.15, 0.2) is 0 Å². The zero-order valence-corrected chi connectivity index (χ0v) is 18.0. The first-order valence-corrected chi connectivity index (χ1v) is 10.8. The number of carbonyl (C=O) groups excluding carboxylic acids is 1. The minimum atomic E-state index is -0.211. The maximum absolute atomic E-state index is 11.7. The highest BCUT2D eigenvalue weighted by Crippen LogP contribution is 2.25. The summed E-state index contributed by atoms with van der Waals surface area (Å²) >= 11 is 0. The number of carbonyl (C=O) groups is 1. The van der Waals surface area contributed by atoms with Crippen LogP contribution in [0.25, 0.3) is 39.4 Å². The first-order valence-electron chi connectivity index (χ1n) is 10.8. The van der Waals surface area contributed by atoms with E-state index in [1.165, 1.54) is 27.6 Å². The number of nitrogens with one attached hydrogen (secondary N) is 3. The molecule has 2 aromatic heterocycles. The van der Waals surface area contributed by atoms with Crippen molar-refractivity contribution in [2.24, 2.45) is 0 Å². The van der Waals surface area contributed by atoms with E-state index < -0.39 is 0 Å². The highest BCUT2D eigenvalue weighted by molar-refractivity contribution is 6.00. The fraction of sp³-hybridized carbons (Fsp3) is 0.107. The largest absolute Gasteiger partial charge is 0.361 e. The Kier molecular flexibility index (Phi) is 5.12. The lowest BCUT2D eigenvalue weighted by Crippen LogP contribution is -2.27. The first kappa shape index (κ1) is 19.9. The average Bonchev–Trinajstić information content (AvgIpc) is 3.40. The van der Waals surface area contributed by atoms with Crippen LogP contribution < -0.4 is 15.9 Å². The molecule has 0 fully saturated rings. The molecule has 2 aromatic carbocycles. The Balaban J connectivity index is 1.66. The average molecular weight is 420 g/mol. The SMILES string of the molecule is C=CC(=O)Nc1cccc(C2=CCCC(C)=c3[nH]cc(-c4cc5ccccc5[nH]4)c3=C2)c1. The molecule has 4 heteroatoms. The second-order valence-electron chi connectivity index (χ2n) is 8.16. The molecule has 3 N–H and O–H groups in total. The summed E-state index contributed by atoms with van der Waals surface area (Å²) in [6.07, 6.45) is 9.86. The number of aromatic amines is 2. The summed E-state index contributed by atoms with van der Waals surface area (Å²) in [6.45, 7) is 5.73. The van der Waals surface area contributed by atoms with Gasteiger partial charge in [-0.25, -0.2) is 0 Å².